The lowest BCUT2D eigenvalue weighted by Crippen LogP contribution is -2.35. The van der Waals surface area contributed by atoms with Gasteiger partial charge in [-0.05, 0) is 25.5 Å². The Bertz CT molecular complexity index is 442. The first-order valence-electron chi connectivity index (χ1n) is 6.08. The molecule has 18 heavy (non-hydrogen) atoms. The molecule has 1 N–H and O–H groups in total. The van der Waals surface area contributed by atoms with Crippen LogP contribution in [-0.4, -0.2) is 35.0 Å². The third kappa shape index (κ3) is 3.09. The van der Waals surface area contributed by atoms with E-state index in [-0.39, 0.29) is 23.1 Å². The molecule has 4 heteroatoms. The molecule has 98 valence electrons. The number of carbonyl (C=O) groups excluding carboxylic acids is 1. The summed E-state index contributed by atoms with van der Waals surface area (Å²) in [6, 6.07) is 6.41. The van der Waals surface area contributed by atoms with Crippen LogP contribution in [0.15, 0.2) is 24.3 Å². The highest BCUT2D eigenvalue weighted by Crippen LogP contribution is 2.14. The summed E-state index contributed by atoms with van der Waals surface area (Å²) in [6.45, 7) is 4.02. The Morgan fingerprint density at radius 1 is 1.28 bits per heavy atom. The van der Waals surface area contributed by atoms with Gasteiger partial charge in [-0.3, -0.25) is 4.79 Å². The van der Waals surface area contributed by atoms with Crippen molar-refractivity contribution in [3.05, 3.63) is 35.4 Å². The summed E-state index contributed by atoms with van der Waals surface area (Å²) in [7, 11) is 1.71. The summed E-state index contributed by atoms with van der Waals surface area (Å²) in [5.41, 5.74) is 0.300. The third-order valence-corrected chi connectivity index (χ3v) is 3.08. The molecule has 0 saturated carbocycles. The van der Waals surface area contributed by atoms with Gasteiger partial charge in [0, 0.05) is 13.1 Å². The molecule has 1 atom stereocenters. The zero-order valence-corrected chi connectivity index (χ0v) is 11.0. The van der Waals surface area contributed by atoms with Crippen LogP contribution in [-0.2, 0) is 0 Å². The molecular formula is C14H19NO3. The fourth-order valence-corrected chi connectivity index (χ4v) is 1.86. The molecule has 1 amide bonds. The molecule has 0 aliphatic carbocycles. The smallest absolute Gasteiger partial charge is 0.336 e. The maximum Gasteiger partial charge on any atom is 0.336 e. The van der Waals surface area contributed by atoms with E-state index in [2.05, 4.69) is 6.92 Å². The Morgan fingerprint density at radius 3 is 2.33 bits per heavy atom. The van der Waals surface area contributed by atoms with E-state index in [4.69, 9.17) is 5.11 Å². The number of benzene rings is 1. The van der Waals surface area contributed by atoms with Crippen molar-refractivity contribution in [1.29, 1.82) is 0 Å². The monoisotopic (exact) mass is 249 g/mol. The molecule has 0 spiro atoms. The second-order valence-electron chi connectivity index (χ2n) is 4.40. The average molecular weight is 249 g/mol. The number of nitrogens with zero attached hydrogens (tertiary/aromatic N) is 1. The van der Waals surface area contributed by atoms with E-state index in [1.54, 1.807) is 30.1 Å². The van der Waals surface area contributed by atoms with Crippen LogP contribution in [0.5, 0.6) is 0 Å². The molecule has 0 aliphatic heterocycles. The van der Waals surface area contributed by atoms with Crippen LogP contribution >= 0.6 is 0 Å². The van der Waals surface area contributed by atoms with Crippen LogP contribution in [0.2, 0.25) is 0 Å². The number of carboxylic acid groups (broad SMARTS) is 1. The second-order valence-corrected chi connectivity index (χ2v) is 4.40. The average Bonchev–Trinajstić information content (AvgIpc) is 2.37. The van der Waals surface area contributed by atoms with Gasteiger partial charge < -0.3 is 10.0 Å². The zero-order valence-electron chi connectivity index (χ0n) is 11.0. The minimum Gasteiger partial charge on any atom is -0.478 e. The topological polar surface area (TPSA) is 57.6 Å². The first-order chi connectivity index (χ1) is 8.49. The van der Waals surface area contributed by atoms with Crippen LogP contribution in [0.25, 0.3) is 0 Å². The van der Waals surface area contributed by atoms with Crippen molar-refractivity contribution in [2.75, 3.05) is 7.05 Å². The molecule has 0 aliphatic rings. The zero-order chi connectivity index (χ0) is 13.7. The summed E-state index contributed by atoms with van der Waals surface area (Å²) in [6.07, 6.45) is 1.89. The van der Waals surface area contributed by atoms with E-state index in [1.807, 2.05) is 6.92 Å². The minimum absolute atomic E-state index is 0.0537. The van der Waals surface area contributed by atoms with Crippen molar-refractivity contribution in [3.63, 3.8) is 0 Å². The predicted molar refractivity (Wildman–Crippen MR) is 69.9 cm³/mol. The molecule has 0 radical (unpaired) electrons. The van der Waals surface area contributed by atoms with Crippen molar-refractivity contribution < 1.29 is 14.7 Å². The summed E-state index contributed by atoms with van der Waals surface area (Å²) >= 11 is 0. The van der Waals surface area contributed by atoms with Gasteiger partial charge in [-0.1, -0.05) is 25.5 Å². The number of rotatable bonds is 5. The molecule has 4 nitrogen and oxygen atoms in total. The first-order valence-corrected chi connectivity index (χ1v) is 6.08. The molecule has 1 aromatic rings. The molecule has 1 aromatic carbocycles. The molecule has 1 rings (SSSR count). The van der Waals surface area contributed by atoms with Gasteiger partial charge >= 0.3 is 5.97 Å². The molecule has 1 unspecified atom stereocenters. The Hall–Kier alpha value is -1.84. The van der Waals surface area contributed by atoms with Gasteiger partial charge in [0.2, 0.25) is 0 Å². The van der Waals surface area contributed by atoms with Gasteiger partial charge in [-0.2, -0.15) is 0 Å². The molecule has 0 saturated heterocycles. The van der Waals surface area contributed by atoms with E-state index < -0.39 is 5.97 Å². The van der Waals surface area contributed by atoms with Crippen molar-refractivity contribution in [1.82, 2.24) is 4.90 Å². The lowest BCUT2D eigenvalue weighted by Gasteiger charge is -2.25. The van der Waals surface area contributed by atoms with E-state index in [0.29, 0.717) is 0 Å². The number of hydrogen-bond acceptors (Lipinski definition) is 2. The number of aromatic carboxylic acids is 1. The number of amides is 1. The van der Waals surface area contributed by atoms with Gasteiger partial charge in [0.05, 0.1) is 11.1 Å². The van der Waals surface area contributed by atoms with E-state index in [1.165, 1.54) is 6.07 Å². The number of hydrogen-bond donors (Lipinski definition) is 1. The van der Waals surface area contributed by atoms with Gasteiger partial charge in [-0.15, -0.1) is 0 Å². The van der Waals surface area contributed by atoms with Gasteiger partial charge in [0.1, 0.15) is 0 Å². The van der Waals surface area contributed by atoms with Crippen molar-refractivity contribution in [2.24, 2.45) is 0 Å². The van der Waals surface area contributed by atoms with E-state index in [9.17, 15) is 9.59 Å². The maximum atomic E-state index is 12.2. The van der Waals surface area contributed by atoms with Crippen LogP contribution in [0.4, 0.5) is 0 Å². The maximum absolute atomic E-state index is 12.2. The van der Waals surface area contributed by atoms with Crippen LogP contribution in [0.1, 0.15) is 47.4 Å². The normalized spacial score (nSPS) is 11.9. The van der Waals surface area contributed by atoms with Crippen molar-refractivity contribution in [2.45, 2.75) is 32.7 Å². The number of carboxylic acids is 1. The molecular weight excluding hydrogens is 230 g/mol. The first kappa shape index (κ1) is 14.2. The fourth-order valence-electron chi connectivity index (χ4n) is 1.86. The predicted octanol–water partition coefficient (Wildman–Crippen LogP) is 2.65. The lowest BCUT2D eigenvalue weighted by molar-refractivity contribution is 0.0670. The number of carbonyl (C=O) groups is 2. The van der Waals surface area contributed by atoms with Crippen molar-refractivity contribution in [3.8, 4) is 0 Å². The lowest BCUT2D eigenvalue weighted by atomic mass is 10.1. The highest BCUT2D eigenvalue weighted by molar-refractivity contribution is 6.04. The van der Waals surface area contributed by atoms with Crippen molar-refractivity contribution >= 4 is 11.9 Å². The standard InChI is InChI=1S/C14H19NO3/c1-4-7-10(2)15(3)13(16)11-8-5-6-9-12(11)14(17)18/h5-6,8-10H,4,7H2,1-3H3,(H,17,18). The Kier molecular flexibility index (Phi) is 4.89. The van der Waals surface area contributed by atoms with E-state index >= 15 is 0 Å². The quantitative estimate of drug-likeness (QED) is 0.872. The Morgan fingerprint density at radius 2 is 1.83 bits per heavy atom. The SMILES string of the molecule is CCCC(C)N(C)C(=O)c1ccccc1C(=O)O. The second kappa shape index (κ2) is 6.19. The van der Waals surface area contributed by atoms with Gasteiger partial charge in [-0.25, -0.2) is 4.79 Å². The van der Waals surface area contributed by atoms with Crippen LogP contribution in [0, 0.1) is 0 Å². The van der Waals surface area contributed by atoms with E-state index in [0.717, 1.165) is 12.8 Å². The van der Waals surface area contributed by atoms with Crippen LogP contribution in [0.3, 0.4) is 0 Å². The minimum atomic E-state index is -1.07. The summed E-state index contributed by atoms with van der Waals surface area (Å²) in [5, 5.41) is 9.07. The molecule has 0 fully saturated rings. The van der Waals surface area contributed by atoms with Crippen LogP contribution < -0.4 is 0 Å². The summed E-state index contributed by atoms with van der Waals surface area (Å²) in [5.74, 6) is -1.32. The van der Waals surface area contributed by atoms with Gasteiger partial charge in [0.25, 0.3) is 5.91 Å². The molecule has 0 aromatic heterocycles. The highest BCUT2D eigenvalue weighted by Gasteiger charge is 2.21. The molecule has 0 bridgehead atoms. The third-order valence-electron chi connectivity index (χ3n) is 3.08. The largest absolute Gasteiger partial charge is 0.478 e. The Labute approximate surface area is 107 Å². The summed E-state index contributed by atoms with van der Waals surface area (Å²) < 4.78 is 0. The van der Waals surface area contributed by atoms with Gasteiger partial charge in [0.15, 0.2) is 0 Å². The fraction of sp³-hybridized carbons (Fsp3) is 0.429. The molecule has 0 heterocycles. The summed E-state index contributed by atoms with van der Waals surface area (Å²) in [4.78, 5) is 24.9. The highest BCUT2D eigenvalue weighted by atomic mass is 16.4. The Balaban J connectivity index is 3.00.